The highest BCUT2D eigenvalue weighted by Gasteiger charge is 2.23. The summed E-state index contributed by atoms with van der Waals surface area (Å²) in [7, 11) is 0. The summed E-state index contributed by atoms with van der Waals surface area (Å²) in [5, 5.41) is 5.17. The maximum Gasteiger partial charge on any atom is 0.341 e. The van der Waals surface area contributed by atoms with Crippen LogP contribution in [0.5, 0.6) is 5.75 Å². The number of esters is 1. The van der Waals surface area contributed by atoms with Gasteiger partial charge in [-0.3, -0.25) is 4.79 Å². The van der Waals surface area contributed by atoms with E-state index in [4.69, 9.17) is 9.47 Å². The van der Waals surface area contributed by atoms with Crippen molar-refractivity contribution in [3.63, 3.8) is 0 Å². The highest BCUT2D eigenvalue weighted by atomic mass is 32.1. The van der Waals surface area contributed by atoms with Crippen molar-refractivity contribution >= 4 is 28.2 Å². The van der Waals surface area contributed by atoms with Gasteiger partial charge in [0.2, 0.25) is 0 Å². The topological polar surface area (TPSA) is 64.6 Å². The predicted molar refractivity (Wildman–Crippen MR) is 125 cm³/mol. The second-order valence-electron chi connectivity index (χ2n) is 7.23. The molecular weight excluding hydrogens is 410 g/mol. The summed E-state index contributed by atoms with van der Waals surface area (Å²) in [4.78, 5) is 25.3. The second-order valence-corrected chi connectivity index (χ2v) is 8.11. The van der Waals surface area contributed by atoms with Gasteiger partial charge in [0.15, 0.2) is 6.61 Å². The van der Waals surface area contributed by atoms with E-state index in [1.54, 1.807) is 6.92 Å². The molecule has 31 heavy (non-hydrogen) atoms. The largest absolute Gasteiger partial charge is 0.484 e. The first-order valence-corrected chi connectivity index (χ1v) is 11.2. The summed E-state index contributed by atoms with van der Waals surface area (Å²) in [6, 6.07) is 13.7. The van der Waals surface area contributed by atoms with Gasteiger partial charge in [-0.1, -0.05) is 42.8 Å². The van der Waals surface area contributed by atoms with E-state index in [-0.39, 0.29) is 19.1 Å². The van der Waals surface area contributed by atoms with Gasteiger partial charge in [-0.15, -0.1) is 11.3 Å². The van der Waals surface area contributed by atoms with E-state index >= 15 is 0 Å². The Bertz CT molecular complexity index is 1090. The SMILES string of the molecule is CCOC(=O)c1c(-c2ccc(C)cc2C)csc1NC(=O)COc1cccc(CC)c1. The Balaban J connectivity index is 1.82. The van der Waals surface area contributed by atoms with Crippen molar-refractivity contribution in [1.82, 2.24) is 0 Å². The van der Waals surface area contributed by atoms with Crippen LogP contribution in [0.25, 0.3) is 11.1 Å². The fraction of sp³-hybridized carbons (Fsp3) is 0.280. The maximum absolute atomic E-state index is 12.7. The lowest BCUT2D eigenvalue weighted by atomic mass is 9.97. The van der Waals surface area contributed by atoms with E-state index in [0.717, 1.165) is 34.2 Å². The molecule has 0 bridgehead atoms. The minimum absolute atomic E-state index is 0.147. The Morgan fingerprint density at radius 2 is 1.84 bits per heavy atom. The fourth-order valence-corrected chi connectivity index (χ4v) is 4.30. The maximum atomic E-state index is 12.7. The lowest BCUT2D eigenvalue weighted by Crippen LogP contribution is -2.21. The Hall–Kier alpha value is -3.12. The van der Waals surface area contributed by atoms with Crippen LogP contribution in [0.2, 0.25) is 0 Å². The molecule has 1 heterocycles. The standard InChI is InChI=1S/C25H27NO4S/c1-5-18-8-7-9-19(13-18)30-14-22(27)26-24-23(25(28)29-6-2)21(15-31-24)20-11-10-16(3)12-17(20)4/h7-13,15H,5-6,14H2,1-4H3,(H,26,27). The molecule has 0 spiro atoms. The molecular formula is C25H27NO4S. The normalized spacial score (nSPS) is 10.6. The van der Waals surface area contributed by atoms with Crippen LogP contribution < -0.4 is 10.1 Å². The molecule has 0 aliphatic rings. The van der Waals surface area contributed by atoms with Crippen LogP contribution in [0, 0.1) is 13.8 Å². The molecule has 0 fully saturated rings. The third-order valence-electron chi connectivity index (χ3n) is 4.87. The van der Waals surface area contributed by atoms with Crippen LogP contribution in [0.15, 0.2) is 47.8 Å². The number of rotatable bonds is 8. The highest BCUT2D eigenvalue weighted by Crippen LogP contribution is 2.37. The zero-order valence-electron chi connectivity index (χ0n) is 18.3. The fourth-order valence-electron chi connectivity index (χ4n) is 3.34. The lowest BCUT2D eigenvalue weighted by molar-refractivity contribution is -0.118. The quantitative estimate of drug-likeness (QED) is 0.453. The monoisotopic (exact) mass is 437 g/mol. The van der Waals surface area contributed by atoms with Crippen LogP contribution in [-0.2, 0) is 16.0 Å². The first-order valence-electron chi connectivity index (χ1n) is 10.3. The van der Waals surface area contributed by atoms with Crippen LogP contribution in [0.4, 0.5) is 5.00 Å². The average molecular weight is 438 g/mol. The molecule has 0 unspecified atom stereocenters. The van der Waals surface area contributed by atoms with E-state index in [1.165, 1.54) is 11.3 Å². The lowest BCUT2D eigenvalue weighted by Gasteiger charge is -2.11. The van der Waals surface area contributed by atoms with Gasteiger partial charge in [0.1, 0.15) is 16.3 Å². The zero-order chi connectivity index (χ0) is 22.4. The number of amides is 1. The van der Waals surface area contributed by atoms with Crippen LogP contribution in [0.3, 0.4) is 0 Å². The number of hydrogen-bond acceptors (Lipinski definition) is 5. The number of benzene rings is 2. The van der Waals surface area contributed by atoms with Crippen molar-refractivity contribution in [3.05, 3.63) is 70.1 Å². The number of nitrogens with one attached hydrogen (secondary N) is 1. The summed E-state index contributed by atoms with van der Waals surface area (Å²) in [6.07, 6.45) is 0.892. The van der Waals surface area contributed by atoms with Crippen molar-refractivity contribution in [2.75, 3.05) is 18.5 Å². The molecule has 0 aliphatic carbocycles. The molecule has 0 saturated heterocycles. The first kappa shape index (κ1) is 22.6. The molecule has 0 atom stereocenters. The minimum atomic E-state index is -0.453. The first-order chi connectivity index (χ1) is 14.9. The molecule has 1 N–H and O–H groups in total. The van der Waals surface area contributed by atoms with Crippen molar-refractivity contribution in [2.45, 2.75) is 34.1 Å². The summed E-state index contributed by atoms with van der Waals surface area (Å²) >= 11 is 1.31. The molecule has 0 aliphatic heterocycles. The van der Waals surface area contributed by atoms with Gasteiger partial charge in [-0.05, 0) is 56.0 Å². The Kier molecular flexibility index (Phi) is 7.47. The van der Waals surface area contributed by atoms with Crippen LogP contribution in [0.1, 0.15) is 40.9 Å². The Morgan fingerprint density at radius 1 is 1.03 bits per heavy atom. The zero-order valence-corrected chi connectivity index (χ0v) is 19.1. The number of carbonyl (C=O) groups is 2. The van der Waals surface area contributed by atoms with Gasteiger partial charge in [0.05, 0.1) is 6.61 Å². The van der Waals surface area contributed by atoms with Gasteiger partial charge in [0.25, 0.3) is 5.91 Å². The van der Waals surface area contributed by atoms with Gasteiger partial charge < -0.3 is 14.8 Å². The molecule has 162 valence electrons. The third kappa shape index (κ3) is 5.52. The molecule has 1 amide bonds. The molecule has 0 saturated carbocycles. The van der Waals surface area contributed by atoms with Crippen LogP contribution >= 0.6 is 11.3 Å². The van der Waals surface area contributed by atoms with E-state index in [9.17, 15) is 9.59 Å². The molecule has 3 aromatic rings. The minimum Gasteiger partial charge on any atom is -0.484 e. The summed E-state index contributed by atoms with van der Waals surface area (Å²) in [5.41, 5.74) is 5.41. The summed E-state index contributed by atoms with van der Waals surface area (Å²) in [6.45, 7) is 7.96. The van der Waals surface area contributed by atoms with E-state index in [0.29, 0.717) is 16.3 Å². The van der Waals surface area contributed by atoms with E-state index in [1.807, 2.05) is 55.6 Å². The molecule has 3 rings (SSSR count). The Labute approximate surface area is 187 Å². The number of ether oxygens (including phenoxy) is 2. The third-order valence-corrected chi connectivity index (χ3v) is 5.77. The number of carbonyl (C=O) groups excluding carboxylic acids is 2. The smallest absolute Gasteiger partial charge is 0.341 e. The number of anilines is 1. The van der Waals surface area contributed by atoms with Crippen molar-refractivity contribution in [3.8, 4) is 16.9 Å². The second kappa shape index (κ2) is 10.3. The van der Waals surface area contributed by atoms with Crippen molar-refractivity contribution < 1.29 is 19.1 Å². The molecule has 2 aromatic carbocycles. The number of aryl methyl sites for hydroxylation is 3. The van der Waals surface area contributed by atoms with Gasteiger partial charge in [0, 0.05) is 10.9 Å². The molecule has 6 heteroatoms. The van der Waals surface area contributed by atoms with Gasteiger partial charge in [-0.2, -0.15) is 0 Å². The van der Waals surface area contributed by atoms with Gasteiger partial charge >= 0.3 is 5.97 Å². The van der Waals surface area contributed by atoms with E-state index in [2.05, 4.69) is 18.3 Å². The molecule has 1 aromatic heterocycles. The predicted octanol–water partition coefficient (Wildman–Crippen LogP) is 5.79. The molecule has 5 nitrogen and oxygen atoms in total. The Morgan fingerprint density at radius 3 is 2.55 bits per heavy atom. The van der Waals surface area contributed by atoms with Crippen molar-refractivity contribution in [1.29, 1.82) is 0 Å². The van der Waals surface area contributed by atoms with Gasteiger partial charge in [-0.25, -0.2) is 4.79 Å². The number of hydrogen-bond donors (Lipinski definition) is 1. The van der Waals surface area contributed by atoms with Crippen LogP contribution in [-0.4, -0.2) is 25.1 Å². The highest BCUT2D eigenvalue weighted by molar-refractivity contribution is 7.15. The molecule has 0 radical (unpaired) electrons. The summed E-state index contributed by atoms with van der Waals surface area (Å²) in [5.74, 6) is -0.144. The van der Waals surface area contributed by atoms with Crippen molar-refractivity contribution in [2.24, 2.45) is 0 Å². The van der Waals surface area contributed by atoms with E-state index < -0.39 is 5.97 Å². The summed E-state index contributed by atoms with van der Waals surface area (Å²) < 4.78 is 10.9. The average Bonchev–Trinajstić information content (AvgIpc) is 3.15. The number of thiophene rings is 1.